The Morgan fingerprint density at radius 2 is 1.96 bits per heavy atom. The van der Waals surface area contributed by atoms with Gasteiger partial charge < -0.3 is 14.8 Å². The Morgan fingerprint density at radius 3 is 2.57 bits per heavy atom. The maximum atomic E-state index is 11.8. The number of carbonyl (C=O) groups excluding carboxylic acids is 1. The number of hydrogen-bond acceptors (Lipinski definition) is 5. The quantitative estimate of drug-likeness (QED) is 0.921. The number of alkyl carbamates (subject to hydrolysis) is 1. The van der Waals surface area contributed by atoms with E-state index in [9.17, 15) is 4.79 Å². The van der Waals surface area contributed by atoms with Crippen molar-refractivity contribution < 1.29 is 14.3 Å². The number of nitrogens with zero attached hydrogens (tertiary/aromatic N) is 2. The monoisotopic (exact) mass is 321 g/mol. The number of amides is 1. The zero-order valence-electron chi connectivity index (χ0n) is 14.5. The second-order valence-electron chi connectivity index (χ2n) is 6.94. The zero-order chi connectivity index (χ0) is 16.9. The van der Waals surface area contributed by atoms with E-state index < -0.39 is 5.60 Å². The standard InChI is InChI=1S/C17H27N3O3/c1-5-12-10-15(19-11-18-12)22-14-8-6-13(7-9-14)20-16(21)23-17(2,3)4/h10-11,13-14H,5-9H2,1-4H3,(H,20,21). The minimum Gasteiger partial charge on any atom is -0.474 e. The van der Waals surface area contributed by atoms with Crippen molar-refractivity contribution >= 4 is 6.09 Å². The molecule has 0 bridgehead atoms. The molecule has 0 radical (unpaired) electrons. The van der Waals surface area contributed by atoms with Gasteiger partial charge in [-0.2, -0.15) is 0 Å². The molecule has 1 saturated carbocycles. The predicted molar refractivity (Wildman–Crippen MR) is 87.5 cm³/mol. The van der Waals surface area contributed by atoms with Crippen LogP contribution < -0.4 is 10.1 Å². The number of aromatic nitrogens is 2. The van der Waals surface area contributed by atoms with E-state index in [1.165, 1.54) is 0 Å². The maximum absolute atomic E-state index is 11.8. The van der Waals surface area contributed by atoms with Gasteiger partial charge in [0.25, 0.3) is 0 Å². The van der Waals surface area contributed by atoms with Crippen molar-refractivity contribution in [1.29, 1.82) is 0 Å². The second-order valence-corrected chi connectivity index (χ2v) is 6.94. The van der Waals surface area contributed by atoms with E-state index in [1.54, 1.807) is 6.33 Å². The third-order valence-corrected chi connectivity index (χ3v) is 3.74. The largest absolute Gasteiger partial charge is 0.474 e. The van der Waals surface area contributed by atoms with E-state index in [0.29, 0.717) is 5.88 Å². The van der Waals surface area contributed by atoms with Crippen molar-refractivity contribution in [2.75, 3.05) is 0 Å². The molecule has 1 N–H and O–H groups in total. The van der Waals surface area contributed by atoms with E-state index >= 15 is 0 Å². The normalized spacial score (nSPS) is 21.6. The van der Waals surface area contributed by atoms with Crippen molar-refractivity contribution in [3.05, 3.63) is 18.1 Å². The fourth-order valence-corrected chi connectivity index (χ4v) is 2.60. The van der Waals surface area contributed by atoms with Gasteiger partial charge in [0.15, 0.2) is 0 Å². The zero-order valence-corrected chi connectivity index (χ0v) is 14.5. The van der Waals surface area contributed by atoms with Crippen molar-refractivity contribution in [1.82, 2.24) is 15.3 Å². The molecule has 0 atom stereocenters. The molecule has 0 aromatic carbocycles. The number of aryl methyl sites for hydroxylation is 1. The van der Waals surface area contributed by atoms with E-state index in [0.717, 1.165) is 37.8 Å². The molecule has 0 saturated heterocycles. The molecule has 128 valence electrons. The predicted octanol–water partition coefficient (Wildman–Crippen LogP) is 3.25. The smallest absolute Gasteiger partial charge is 0.407 e. The molecular formula is C17H27N3O3. The van der Waals surface area contributed by atoms with E-state index in [-0.39, 0.29) is 18.2 Å². The lowest BCUT2D eigenvalue weighted by atomic mass is 9.93. The minimum absolute atomic E-state index is 0.145. The minimum atomic E-state index is -0.464. The Hall–Kier alpha value is -1.85. The van der Waals surface area contributed by atoms with Crippen LogP contribution in [-0.4, -0.2) is 33.8 Å². The highest BCUT2D eigenvalue weighted by Crippen LogP contribution is 2.23. The summed E-state index contributed by atoms with van der Waals surface area (Å²) in [5, 5.41) is 2.94. The molecule has 0 unspecified atom stereocenters. The Morgan fingerprint density at radius 1 is 1.26 bits per heavy atom. The third-order valence-electron chi connectivity index (χ3n) is 3.74. The first-order valence-corrected chi connectivity index (χ1v) is 8.33. The summed E-state index contributed by atoms with van der Waals surface area (Å²) in [5.41, 5.74) is 0.518. The highest BCUT2D eigenvalue weighted by Gasteiger charge is 2.25. The summed E-state index contributed by atoms with van der Waals surface area (Å²) in [6, 6.07) is 2.05. The first-order chi connectivity index (χ1) is 10.9. The summed E-state index contributed by atoms with van der Waals surface area (Å²) in [7, 11) is 0. The van der Waals surface area contributed by atoms with Crippen LogP contribution in [0.3, 0.4) is 0 Å². The molecule has 1 aromatic heterocycles. The van der Waals surface area contributed by atoms with Crippen LogP contribution in [-0.2, 0) is 11.2 Å². The Bertz CT molecular complexity index is 520. The Labute approximate surface area is 138 Å². The van der Waals surface area contributed by atoms with Gasteiger partial charge in [-0.1, -0.05) is 6.92 Å². The van der Waals surface area contributed by atoms with Crippen LogP contribution in [0.5, 0.6) is 5.88 Å². The van der Waals surface area contributed by atoms with Gasteiger partial charge in [-0.25, -0.2) is 14.8 Å². The summed E-state index contributed by atoms with van der Waals surface area (Å²) in [6.45, 7) is 7.65. The van der Waals surface area contributed by atoms with Crippen LogP contribution in [0.1, 0.15) is 59.1 Å². The lowest BCUT2D eigenvalue weighted by Crippen LogP contribution is -2.42. The SMILES string of the molecule is CCc1cc(OC2CCC(NC(=O)OC(C)(C)C)CC2)ncn1. The number of ether oxygens (including phenoxy) is 2. The molecule has 6 heteroatoms. The molecule has 1 aliphatic rings. The molecule has 2 rings (SSSR count). The van der Waals surface area contributed by atoms with Gasteiger partial charge in [-0.15, -0.1) is 0 Å². The maximum Gasteiger partial charge on any atom is 0.407 e. The van der Waals surface area contributed by atoms with Crippen molar-refractivity contribution in [3.63, 3.8) is 0 Å². The average molecular weight is 321 g/mol. The van der Waals surface area contributed by atoms with Crippen LogP contribution in [0.4, 0.5) is 4.79 Å². The lowest BCUT2D eigenvalue weighted by molar-refractivity contribution is 0.0469. The van der Waals surface area contributed by atoms with Crippen molar-refractivity contribution in [2.45, 2.75) is 77.5 Å². The molecule has 23 heavy (non-hydrogen) atoms. The van der Waals surface area contributed by atoms with Crippen molar-refractivity contribution in [2.24, 2.45) is 0 Å². The number of hydrogen-bond donors (Lipinski definition) is 1. The fourth-order valence-electron chi connectivity index (χ4n) is 2.60. The highest BCUT2D eigenvalue weighted by molar-refractivity contribution is 5.68. The van der Waals surface area contributed by atoms with Gasteiger partial charge in [0.1, 0.15) is 18.0 Å². The molecule has 1 heterocycles. The summed E-state index contributed by atoms with van der Waals surface area (Å²) in [5.74, 6) is 0.639. The van der Waals surface area contributed by atoms with Crippen LogP contribution in [0.25, 0.3) is 0 Å². The summed E-state index contributed by atoms with van der Waals surface area (Å²) in [6.07, 6.45) is 5.77. The Kier molecular flexibility index (Phi) is 5.80. The van der Waals surface area contributed by atoms with Crippen LogP contribution in [0.2, 0.25) is 0 Å². The average Bonchev–Trinajstić information content (AvgIpc) is 2.47. The van der Waals surface area contributed by atoms with E-state index in [4.69, 9.17) is 9.47 Å². The van der Waals surface area contributed by atoms with Crippen LogP contribution in [0, 0.1) is 0 Å². The van der Waals surface area contributed by atoms with Gasteiger partial charge >= 0.3 is 6.09 Å². The molecule has 1 fully saturated rings. The van der Waals surface area contributed by atoms with Crippen LogP contribution in [0.15, 0.2) is 12.4 Å². The van der Waals surface area contributed by atoms with Crippen molar-refractivity contribution in [3.8, 4) is 5.88 Å². The first-order valence-electron chi connectivity index (χ1n) is 8.33. The molecule has 1 amide bonds. The molecule has 0 aliphatic heterocycles. The summed E-state index contributed by atoms with van der Waals surface area (Å²) < 4.78 is 11.2. The first kappa shape index (κ1) is 17.5. The second kappa shape index (κ2) is 7.62. The fraction of sp³-hybridized carbons (Fsp3) is 0.706. The topological polar surface area (TPSA) is 73.3 Å². The van der Waals surface area contributed by atoms with E-state index in [1.807, 2.05) is 26.8 Å². The van der Waals surface area contributed by atoms with Gasteiger partial charge in [-0.05, 0) is 52.9 Å². The van der Waals surface area contributed by atoms with Gasteiger partial charge in [0.05, 0.1) is 0 Å². The van der Waals surface area contributed by atoms with Gasteiger partial charge in [0, 0.05) is 17.8 Å². The highest BCUT2D eigenvalue weighted by atomic mass is 16.6. The lowest BCUT2D eigenvalue weighted by Gasteiger charge is -2.30. The Balaban J connectivity index is 1.76. The molecule has 0 spiro atoms. The number of carbonyl (C=O) groups is 1. The number of rotatable bonds is 4. The van der Waals surface area contributed by atoms with Crippen LogP contribution >= 0.6 is 0 Å². The summed E-state index contributed by atoms with van der Waals surface area (Å²) in [4.78, 5) is 20.1. The molecule has 1 aliphatic carbocycles. The molecular weight excluding hydrogens is 294 g/mol. The number of nitrogens with one attached hydrogen (secondary N) is 1. The molecule has 6 nitrogen and oxygen atoms in total. The van der Waals surface area contributed by atoms with E-state index in [2.05, 4.69) is 22.2 Å². The summed E-state index contributed by atoms with van der Waals surface area (Å²) >= 11 is 0. The third kappa shape index (κ3) is 6.04. The van der Waals surface area contributed by atoms with Gasteiger partial charge in [-0.3, -0.25) is 0 Å². The van der Waals surface area contributed by atoms with Gasteiger partial charge in [0.2, 0.25) is 5.88 Å². The molecule has 1 aromatic rings.